The number of halogens is 2. The third kappa shape index (κ3) is 5.27. The first-order valence-corrected chi connectivity index (χ1v) is 13.3. The highest BCUT2D eigenvalue weighted by atomic mass is 32.1. The number of rotatable bonds is 6. The van der Waals surface area contributed by atoms with Gasteiger partial charge in [0.2, 0.25) is 5.88 Å². The number of thiazole rings is 1. The van der Waals surface area contributed by atoms with Gasteiger partial charge in [0, 0.05) is 28.7 Å². The normalized spacial score (nSPS) is 14.4. The van der Waals surface area contributed by atoms with Crippen molar-refractivity contribution in [2.45, 2.75) is 26.4 Å². The van der Waals surface area contributed by atoms with Crippen LogP contribution in [0.5, 0.6) is 17.4 Å². The predicted molar refractivity (Wildman–Crippen MR) is 148 cm³/mol. The number of alkyl halides is 2. The van der Waals surface area contributed by atoms with Gasteiger partial charge in [-0.3, -0.25) is 10.3 Å². The second kappa shape index (κ2) is 10.7. The Balaban J connectivity index is 1.27. The van der Waals surface area contributed by atoms with E-state index < -0.39 is 18.6 Å². The average molecular weight is 580 g/mol. The Morgan fingerprint density at radius 3 is 2.80 bits per heavy atom. The Hall–Kier alpha value is -4.65. The van der Waals surface area contributed by atoms with Gasteiger partial charge in [-0.1, -0.05) is 0 Å². The van der Waals surface area contributed by atoms with Crippen molar-refractivity contribution in [3.8, 4) is 28.0 Å². The van der Waals surface area contributed by atoms with E-state index in [2.05, 4.69) is 20.3 Å². The first-order chi connectivity index (χ1) is 19.8. The van der Waals surface area contributed by atoms with Crippen LogP contribution in [0.2, 0.25) is 0 Å². The van der Waals surface area contributed by atoms with Gasteiger partial charge in [0.1, 0.15) is 22.9 Å². The van der Waals surface area contributed by atoms with Crippen molar-refractivity contribution in [3.05, 3.63) is 59.5 Å². The highest BCUT2D eigenvalue weighted by Gasteiger charge is 2.28. The summed E-state index contributed by atoms with van der Waals surface area (Å²) in [7, 11) is 1.43. The molecular formula is C28H23F2N5O5S. The van der Waals surface area contributed by atoms with E-state index in [0.29, 0.717) is 43.5 Å². The number of carbonyl (C=O) groups is 1. The zero-order valence-electron chi connectivity index (χ0n) is 22.1. The van der Waals surface area contributed by atoms with Crippen LogP contribution in [0.15, 0.2) is 42.7 Å². The van der Waals surface area contributed by atoms with E-state index >= 15 is 0 Å². The van der Waals surface area contributed by atoms with Crippen molar-refractivity contribution in [2.24, 2.45) is 0 Å². The molecule has 0 radical (unpaired) electrons. The molecule has 10 nitrogen and oxygen atoms in total. The highest BCUT2D eigenvalue weighted by Crippen LogP contribution is 2.46. The van der Waals surface area contributed by atoms with Gasteiger partial charge >= 0.3 is 6.09 Å². The van der Waals surface area contributed by atoms with Gasteiger partial charge in [0.05, 0.1) is 29.9 Å². The molecule has 0 aliphatic carbocycles. The van der Waals surface area contributed by atoms with Crippen LogP contribution in [-0.4, -0.2) is 52.5 Å². The first kappa shape index (κ1) is 26.6. The number of carbonyl (C=O) groups excluding carboxylic acids is 1. The third-order valence-electron chi connectivity index (χ3n) is 6.37. The number of methoxy groups -OCH3 is 1. The largest absolute Gasteiger partial charge is 0.484 e. The van der Waals surface area contributed by atoms with Crippen LogP contribution in [0.3, 0.4) is 0 Å². The van der Waals surface area contributed by atoms with Crippen molar-refractivity contribution in [3.63, 3.8) is 0 Å². The molecule has 210 valence electrons. The van der Waals surface area contributed by atoms with Crippen LogP contribution >= 0.6 is 11.3 Å². The summed E-state index contributed by atoms with van der Waals surface area (Å²) in [5.74, 6) is 1.19. The molecule has 5 aromatic rings. The molecule has 1 amide bonds. The molecule has 2 aromatic carbocycles. The minimum absolute atomic E-state index is 0.0328. The van der Waals surface area contributed by atoms with Crippen molar-refractivity contribution < 1.29 is 32.5 Å². The fourth-order valence-electron chi connectivity index (χ4n) is 4.46. The molecule has 0 unspecified atom stereocenters. The fraction of sp³-hybridized carbons (Fsp3) is 0.250. The van der Waals surface area contributed by atoms with Crippen molar-refractivity contribution in [1.29, 1.82) is 0 Å². The van der Waals surface area contributed by atoms with E-state index in [1.807, 2.05) is 13.8 Å². The number of fused-ring (bicyclic) bond motifs is 4. The molecule has 41 heavy (non-hydrogen) atoms. The minimum Gasteiger partial charge on any atom is -0.484 e. The number of nitrogens with one attached hydrogen (secondary N) is 1. The Morgan fingerprint density at radius 1 is 1.17 bits per heavy atom. The molecule has 0 saturated carbocycles. The molecule has 0 bridgehead atoms. The Morgan fingerprint density at radius 2 is 2.02 bits per heavy atom. The summed E-state index contributed by atoms with van der Waals surface area (Å²) < 4.78 is 50.9. The van der Waals surface area contributed by atoms with Crippen molar-refractivity contribution in [1.82, 2.24) is 19.9 Å². The van der Waals surface area contributed by atoms with Crippen LogP contribution < -0.4 is 19.5 Å². The summed E-state index contributed by atoms with van der Waals surface area (Å²) in [6, 6.07) is 7.88. The topological polar surface area (TPSA) is 118 Å². The zero-order valence-corrected chi connectivity index (χ0v) is 22.9. The molecule has 1 aliphatic heterocycles. The Labute approximate surface area is 236 Å². The van der Waals surface area contributed by atoms with Gasteiger partial charge in [-0.05, 0) is 49.7 Å². The van der Waals surface area contributed by atoms with Gasteiger partial charge in [-0.15, -0.1) is 11.3 Å². The quantitative estimate of drug-likeness (QED) is 0.249. The number of hydrogen-bond donors (Lipinski definition) is 1. The minimum atomic E-state index is -2.71. The lowest BCUT2D eigenvalue weighted by Crippen LogP contribution is -2.35. The van der Waals surface area contributed by atoms with Crippen molar-refractivity contribution in [2.75, 3.05) is 25.6 Å². The maximum atomic E-state index is 13.8. The molecule has 1 N–H and O–H groups in total. The van der Waals surface area contributed by atoms with E-state index in [0.717, 1.165) is 11.3 Å². The van der Waals surface area contributed by atoms with E-state index in [1.165, 1.54) is 36.8 Å². The van der Waals surface area contributed by atoms with Gasteiger partial charge < -0.3 is 18.9 Å². The maximum Gasteiger partial charge on any atom is 0.411 e. The number of pyridine rings is 1. The van der Waals surface area contributed by atoms with E-state index in [1.54, 1.807) is 24.4 Å². The number of benzene rings is 2. The van der Waals surface area contributed by atoms with Crippen LogP contribution in [-0.2, 0) is 4.74 Å². The summed E-state index contributed by atoms with van der Waals surface area (Å²) in [6.45, 7) is 3.79. The lowest BCUT2D eigenvalue weighted by atomic mass is 10.1. The second-order valence-corrected chi connectivity index (χ2v) is 10.3. The lowest BCUT2D eigenvalue weighted by molar-refractivity contribution is 0.0383. The molecule has 13 heteroatoms. The smallest absolute Gasteiger partial charge is 0.411 e. The second-order valence-electron chi connectivity index (χ2n) is 9.33. The molecule has 0 saturated heterocycles. The standard InChI is InChI=1S/C28H23F2N5O5S/c1-13-6-20-24(38-11-17(40-20)12-39-28(36)33-16-4-5-31-14(2)7-16)25-22(13)35-27(41-25)18-8-15(26(29)30)9-19-23(18)32-10-21(34-19)37-3/h4-10,17,26H,11-12H2,1-3H3,(H,31,33,36)/t17-/m1/s1. The van der Waals surface area contributed by atoms with Crippen LogP contribution in [0.1, 0.15) is 23.2 Å². The van der Waals surface area contributed by atoms with Crippen molar-refractivity contribution >= 4 is 44.4 Å². The van der Waals surface area contributed by atoms with E-state index in [-0.39, 0.29) is 30.2 Å². The number of anilines is 1. The van der Waals surface area contributed by atoms with Gasteiger partial charge in [0.15, 0.2) is 17.6 Å². The SMILES string of the molecule is COc1cnc2c(-c3nc4c(C)cc5c(c4s3)OC[C@H](COC(=O)Nc3ccnc(C)c3)O5)cc(C(F)F)cc2n1. The number of hydrogen-bond acceptors (Lipinski definition) is 10. The number of amides is 1. The summed E-state index contributed by atoms with van der Waals surface area (Å²) in [5.41, 5.74) is 3.74. The summed E-state index contributed by atoms with van der Waals surface area (Å²) in [5, 5.41) is 3.14. The van der Waals surface area contributed by atoms with Gasteiger partial charge in [0.25, 0.3) is 6.43 Å². The van der Waals surface area contributed by atoms with Crippen LogP contribution in [0.25, 0.3) is 31.8 Å². The monoisotopic (exact) mass is 579 g/mol. The average Bonchev–Trinajstić information content (AvgIpc) is 3.41. The third-order valence-corrected chi connectivity index (χ3v) is 7.45. The molecule has 0 fully saturated rings. The van der Waals surface area contributed by atoms with Gasteiger partial charge in [-0.2, -0.15) is 0 Å². The molecule has 4 heterocycles. The molecular weight excluding hydrogens is 556 g/mol. The summed E-state index contributed by atoms with van der Waals surface area (Å²) >= 11 is 1.29. The number of aromatic nitrogens is 4. The predicted octanol–water partition coefficient (Wildman–Crippen LogP) is 6.25. The number of ether oxygens (including phenoxy) is 4. The highest BCUT2D eigenvalue weighted by molar-refractivity contribution is 7.22. The number of nitrogens with zero attached hydrogens (tertiary/aromatic N) is 4. The summed E-state index contributed by atoms with van der Waals surface area (Å²) in [4.78, 5) is 29.8. The maximum absolute atomic E-state index is 13.8. The van der Waals surface area contributed by atoms with Crippen LogP contribution in [0, 0.1) is 13.8 Å². The summed E-state index contributed by atoms with van der Waals surface area (Å²) in [6.07, 6.45) is -0.833. The Bertz CT molecular complexity index is 1800. The number of aryl methyl sites for hydroxylation is 2. The first-order valence-electron chi connectivity index (χ1n) is 12.5. The molecule has 1 atom stereocenters. The van der Waals surface area contributed by atoms with Crippen LogP contribution in [0.4, 0.5) is 19.3 Å². The Kier molecular flexibility index (Phi) is 6.95. The molecule has 6 rings (SSSR count). The molecule has 0 spiro atoms. The van der Waals surface area contributed by atoms with E-state index in [4.69, 9.17) is 23.9 Å². The molecule has 1 aliphatic rings. The van der Waals surface area contributed by atoms with Gasteiger partial charge in [-0.25, -0.2) is 28.5 Å². The fourth-order valence-corrected chi connectivity index (χ4v) is 5.61. The zero-order chi connectivity index (χ0) is 28.7. The molecule has 3 aromatic heterocycles. The van der Waals surface area contributed by atoms with E-state index in [9.17, 15) is 13.6 Å². The lowest BCUT2D eigenvalue weighted by Gasteiger charge is -2.26.